The quantitative estimate of drug-likeness (QED) is 0.583. The minimum Gasteiger partial charge on any atom is -0.508 e. The molecular formula is C23H22O4. The third-order valence-electron chi connectivity index (χ3n) is 4.62. The van der Waals surface area contributed by atoms with Crippen LogP contribution in [-0.2, 0) is 25.7 Å². The summed E-state index contributed by atoms with van der Waals surface area (Å²) in [6.45, 7) is 0. The van der Waals surface area contributed by atoms with Crippen molar-refractivity contribution in [2.45, 2.75) is 25.7 Å². The van der Waals surface area contributed by atoms with Gasteiger partial charge >= 0.3 is 5.97 Å². The standard InChI is InChI=1S/C23H22O4/c24-20-11-8-16(9-12-20)4-5-17-2-1-3-18(14-17)6-7-19-10-13-21(23(26)27)22(25)15-19/h1-3,8-15,24-25H,4-7H2,(H,26,27). The second-order valence-corrected chi connectivity index (χ2v) is 6.64. The molecule has 27 heavy (non-hydrogen) atoms. The van der Waals surface area contributed by atoms with E-state index in [-0.39, 0.29) is 17.1 Å². The molecule has 3 N–H and O–H groups in total. The van der Waals surface area contributed by atoms with Gasteiger partial charge in [-0.3, -0.25) is 0 Å². The third kappa shape index (κ3) is 5.11. The zero-order valence-electron chi connectivity index (χ0n) is 14.9. The van der Waals surface area contributed by atoms with Crippen molar-refractivity contribution >= 4 is 5.97 Å². The van der Waals surface area contributed by atoms with E-state index in [0.29, 0.717) is 0 Å². The van der Waals surface area contributed by atoms with E-state index in [2.05, 4.69) is 18.2 Å². The lowest BCUT2D eigenvalue weighted by Crippen LogP contribution is -1.99. The van der Waals surface area contributed by atoms with Crippen LogP contribution in [0.15, 0.2) is 66.7 Å². The van der Waals surface area contributed by atoms with Gasteiger partial charge in [0.15, 0.2) is 0 Å². The predicted octanol–water partition coefficient (Wildman–Crippen LogP) is 4.37. The molecule has 0 amide bonds. The smallest absolute Gasteiger partial charge is 0.339 e. The van der Waals surface area contributed by atoms with E-state index in [1.54, 1.807) is 18.2 Å². The van der Waals surface area contributed by atoms with Gasteiger partial charge < -0.3 is 15.3 Å². The van der Waals surface area contributed by atoms with Crippen molar-refractivity contribution in [1.82, 2.24) is 0 Å². The lowest BCUT2D eigenvalue weighted by atomic mass is 9.98. The molecule has 0 unspecified atom stereocenters. The van der Waals surface area contributed by atoms with Gasteiger partial charge in [-0.05, 0) is 72.2 Å². The van der Waals surface area contributed by atoms with Crippen molar-refractivity contribution in [1.29, 1.82) is 0 Å². The van der Waals surface area contributed by atoms with Crippen LogP contribution in [0, 0.1) is 0 Å². The van der Waals surface area contributed by atoms with Crippen LogP contribution in [0.1, 0.15) is 32.6 Å². The maximum absolute atomic E-state index is 11.0. The lowest BCUT2D eigenvalue weighted by molar-refractivity contribution is 0.0693. The Morgan fingerprint density at radius 3 is 1.74 bits per heavy atom. The molecule has 4 heteroatoms. The summed E-state index contributed by atoms with van der Waals surface area (Å²) >= 11 is 0. The van der Waals surface area contributed by atoms with Gasteiger partial charge in [0.1, 0.15) is 17.1 Å². The molecule has 0 aliphatic carbocycles. The number of hydrogen-bond donors (Lipinski definition) is 3. The fourth-order valence-corrected chi connectivity index (χ4v) is 3.09. The van der Waals surface area contributed by atoms with E-state index in [9.17, 15) is 15.0 Å². The number of carboxylic acid groups (broad SMARTS) is 1. The van der Waals surface area contributed by atoms with E-state index in [1.807, 2.05) is 18.2 Å². The summed E-state index contributed by atoms with van der Waals surface area (Å²) in [6, 6.07) is 20.4. The lowest BCUT2D eigenvalue weighted by Gasteiger charge is -2.07. The van der Waals surface area contributed by atoms with Crippen molar-refractivity contribution in [3.05, 3.63) is 94.5 Å². The molecule has 138 valence electrons. The molecule has 3 aromatic rings. The minimum atomic E-state index is -1.12. The highest BCUT2D eigenvalue weighted by Gasteiger charge is 2.09. The molecule has 0 fully saturated rings. The minimum absolute atomic E-state index is 0.0741. The van der Waals surface area contributed by atoms with Gasteiger partial charge in [0.25, 0.3) is 0 Å². The Balaban J connectivity index is 1.59. The molecule has 0 aromatic heterocycles. The average Bonchev–Trinajstić information content (AvgIpc) is 2.66. The zero-order valence-corrected chi connectivity index (χ0v) is 14.9. The fourth-order valence-electron chi connectivity index (χ4n) is 3.09. The van der Waals surface area contributed by atoms with Gasteiger partial charge in [0.2, 0.25) is 0 Å². The molecule has 0 aliphatic heterocycles. The number of aryl methyl sites for hydroxylation is 4. The Kier molecular flexibility index (Phi) is 5.77. The second kappa shape index (κ2) is 8.41. The zero-order chi connectivity index (χ0) is 19.2. The number of phenolic OH excluding ortho intramolecular Hbond substituents is 1. The Morgan fingerprint density at radius 1 is 0.667 bits per heavy atom. The molecule has 3 aromatic carbocycles. The first-order chi connectivity index (χ1) is 13.0. The summed E-state index contributed by atoms with van der Waals surface area (Å²) in [7, 11) is 0. The summed E-state index contributed by atoms with van der Waals surface area (Å²) in [5, 5.41) is 28.1. The van der Waals surface area contributed by atoms with E-state index in [0.717, 1.165) is 31.2 Å². The van der Waals surface area contributed by atoms with E-state index < -0.39 is 5.97 Å². The van der Waals surface area contributed by atoms with Gasteiger partial charge in [-0.25, -0.2) is 4.79 Å². The Morgan fingerprint density at radius 2 is 1.19 bits per heavy atom. The van der Waals surface area contributed by atoms with Crippen molar-refractivity contribution in [3.63, 3.8) is 0 Å². The number of hydrogen-bond acceptors (Lipinski definition) is 3. The summed E-state index contributed by atoms with van der Waals surface area (Å²) in [5.74, 6) is -1.04. The number of aromatic hydroxyl groups is 2. The summed E-state index contributed by atoms with van der Waals surface area (Å²) in [6.07, 6.45) is 3.38. The predicted molar refractivity (Wildman–Crippen MR) is 104 cm³/mol. The monoisotopic (exact) mass is 362 g/mol. The molecule has 0 atom stereocenters. The number of aromatic carboxylic acids is 1. The van der Waals surface area contributed by atoms with Gasteiger partial charge in [-0.1, -0.05) is 42.5 Å². The summed E-state index contributed by atoms with van der Waals surface area (Å²) in [5.41, 5.74) is 4.49. The maximum Gasteiger partial charge on any atom is 0.339 e. The van der Waals surface area contributed by atoms with Crippen LogP contribution in [0.5, 0.6) is 11.5 Å². The topological polar surface area (TPSA) is 77.8 Å². The molecule has 0 bridgehead atoms. The number of benzene rings is 3. The number of carbonyl (C=O) groups is 1. The maximum atomic E-state index is 11.0. The van der Waals surface area contributed by atoms with Gasteiger partial charge in [-0.2, -0.15) is 0 Å². The molecule has 0 spiro atoms. The fraction of sp³-hybridized carbons (Fsp3) is 0.174. The van der Waals surface area contributed by atoms with Crippen LogP contribution in [-0.4, -0.2) is 21.3 Å². The molecule has 3 rings (SSSR count). The van der Waals surface area contributed by atoms with E-state index in [1.165, 1.54) is 28.8 Å². The normalized spacial score (nSPS) is 10.7. The highest BCUT2D eigenvalue weighted by molar-refractivity contribution is 5.90. The number of rotatable bonds is 7. The molecular weight excluding hydrogens is 340 g/mol. The molecule has 4 nitrogen and oxygen atoms in total. The molecule has 0 saturated heterocycles. The van der Waals surface area contributed by atoms with Crippen molar-refractivity contribution < 1.29 is 20.1 Å². The molecule has 0 aliphatic rings. The highest BCUT2D eigenvalue weighted by atomic mass is 16.4. The summed E-state index contributed by atoms with van der Waals surface area (Å²) in [4.78, 5) is 11.0. The second-order valence-electron chi connectivity index (χ2n) is 6.64. The highest BCUT2D eigenvalue weighted by Crippen LogP contribution is 2.20. The Bertz CT molecular complexity index is 929. The number of phenols is 2. The van der Waals surface area contributed by atoms with Crippen molar-refractivity contribution in [2.75, 3.05) is 0 Å². The first-order valence-electron chi connectivity index (χ1n) is 8.92. The number of carboxylic acids is 1. The third-order valence-corrected chi connectivity index (χ3v) is 4.62. The summed E-state index contributed by atoms with van der Waals surface area (Å²) < 4.78 is 0. The van der Waals surface area contributed by atoms with Crippen LogP contribution in [0.3, 0.4) is 0 Å². The van der Waals surface area contributed by atoms with Crippen molar-refractivity contribution in [3.8, 4) is 11.5 Å². The molecule has 0 saturated carbocycles. The first-order valence-corrected chi connectivity index (χ1v) is 8.92. The Hall–Kier alpha value is -3.27. The van der Waals surface area contributed by atoms with E-state index >= 15 is 0 Å². The van der Waals surface area contributed by atoms with E-state index in [4.69, 9.17) is 5.11 Å². The van der Waals surface area contributed by atoms with Crippen molar-refractivity contribution in [2.24, 2.45) is 0 Å². The first kappa shape index (κ1) is 18.5. The van der Waals surface area contributed by atoms with Crippen LogP contribution in [0.4, 0.5) is 0 Å². The van der Waals surface area contributed by atoms with Crippen LogP contribution >= 0.6 is 0 Å². The largest absolute Gasteiger partial charge is 0.508 e. The average molecular weight is 362 g/mol. The van der Waals surface area contributed by atoms with Gasteiger partial charge in [0, 0.05) is 0 Å². The van der Waals surface area contributed by atoms with Gasteiger partial charge in [-0.15, -0.1) is 0 Å². The molecule has 0 radical (unpaired) electrons. The van der Waals surface area contributed by atoms with Crippen LogP contribution < -0.4 is 0 Å². The van der Waals surface area contributed by atoms with Crippen LogP contribution in [0.25, 0.3) is 0 Å². The van der Waals surface area contributed by atoms with Gasteiger partial charge in [0.05, 0.1) is 0 Å². The van der Waals surface area contributed by atoms with Crippen LogP contribution in [0.2, 0.25) is 0 Å². The molecule has 0 heterocycles. The SMILES string of the molecule is O=C(O)c1ccc(CCc2cccc(CCc3ccc(O)cc3)c2)cc1O. The Labute approximate surface area is 158 Å².